The van der Waals surface area contributed by atoms with Crippen molar-refractivity contribution in [2.24, 2.45) is 0 Å². The molecule has 0 saturated carbocycles. The summed E-state index contributed by atoms with van der Waals surface area (Å²) in [7, 11) is -2.75. The van der Waals surface area contributed by atoms with E-state index in [2.05, 4.69) is 6.92 Å². The van der Waals surface area contributed by atoms with E-state index in [4.69, 9.17) is 0 Å². The largest absolute Gasteiger partial charge is 1.00 e. The average Bonchev–Trinajstić information content (AvgIpc) is 2.41. The first-order chi connectivity index (χ1) is 9.87. The monoisotopic (exact) mass is 341 g/mol. The van der Waals surface area contributed by atoms with Gasteiger partial charge in [0.05, 0.1) is 15.9 Å². The van der Waals surface area contributed by atoms with E-state index >= 15 is 0 Å². The summed E-state index contributed by atoms with van der Waals surface area (Å²) < 4.78 is 31.4. The summed E-state index contributed by atoms with van der Waals surface area (Å²) in [6.07, 6.45) is 12.5. The fourth-order valence-electron chi connectivity index (χ4n) is 1.87. The molecule has 0 aliphatic carbocycles. The predicted octanol–water partition coefficient (Wildman–Crippen LogP) is -0.309. The average molecular weight is 341 g/mol. The van der Waals surface area contributed by atoms with Gasteiger partial charge in [-0.05, 0) is 12.8 Å². The molecular formula is C15H28NNaO4S. The Labute approximate surface area is 157 Å². The van der Waals surface area contributed by atoms with Gasteiger partial charge in [-0.3, -0.25) is 4.79 Å². The maximum Gasteiger partial charge on any atom is 1.00 e. The van der Waals surface area contributed by atoms with Crippen LogP contribution in [-0.4, -0.2) is 43.1 Å². The van der Waals surface area contributed by atoms with Crippen LogP contribution in [0.1, 0.15) is 58.3 Å². The number of carbonyl (C=O) groups excluding carboxylic acids is 1. The quantitative estimate of drug-likeness (QED) is 0.211. The second kappa shape index (κ2) is 14.7. The van der Waals surface area contributed by atoms with E-state index in [0.29, 0.717) is 0 Å². The van der Waals surface area contributed by atoms with Crippen LogP contribution in [0.2, 0.25) is 0 Å². The molecule has 0 aromatic heterocycles. The molecule has 22 heavy (non-hydrogen) atoms. The molecule has 0 aromatic carbocycles. The van der Waals surface area contributed by atoms with E-state index in [-0.39, 0.29) is 48.4 Å². The van der Waals surface area contributed by atoms with Crippen LogP contribution in [0.15, 0.2) is 12.2 Å². The number of unbranched alkanes of at least 4 members (excludes halogenated alkanes) is 6. The molecule has 5 nitrogen and oxygen atoms in total. The Balaban J connectivity index is 0. The van der Waals surface area contributed by atoms with Crippen molar-refractivity contribution < 1.29 is 47.3 Å². The zero-order valence-electron chi connectivity index (χ0n) is 14.2. The number of rotatable bonds is 12. The Morgan fingerprint density at radius 2 is 1.68 bits per heavy atom. The van der Waals surface area contributed by atoms with Gasteiger partial charge in [-0.2, -0.15) is 0 Å². The summed E-state index contributed by atoms with van der Waals surface area (Å²) in [5.41, 5.74) is 0. The minimum absolute atomic E-state index is 0. The number of nitrogens with zero attached hydrogens (tertiary/aromatic N) is 1. The number of amides is 1. The molecule has 7 heteroatoms. The van der Waals surface area contributed by atoms with Crippen LogP contribution in [0.25, 0.3) is 0 Å². The minimum Gasteiger partial charge on any atom is -0.748 e. The standard InChI is InChI=1S/C15H29NO4S.Na/c1-3-4-5-6-7-8-9-10-11-12-15(17)16(2)13-14-21(18,19)20;/h10-11H,3-9,12-14H2,1-2H3,(H,18,19,20);/q;+1/p-1/b11-10+;. The molecule has 124 valence electrons. The molecule has 1 amide bonds. The summed E-state index contributed by atoms with van der Waals surface area (Å²) in [6, 6.07) is 0. The maximum atomic E-state index is 11.6. The number of hydrogen-bond acceptors (Lipinski definition) is 4. The van der Waals surface area contributed by atoms with Crippen LogP contribution in [0.5, 0.6) is 0 Å². The first-order valence-corrected chi connectivity index (χ1v) is 9.27. The molecule has 0 aromatic rings. The Morgan fingerprint density at radius 1 is 1.09 bits per heavy atom. The third-order valence-corrected chi connectivity index (χ3v) is 3.97. The number of allylic oxidation sites excluding steroid dienone is 1. The van der Waals surface area contributed by atoms with Gasteiger partial charge in [0.15, 0.2) is 0 Å². The SMILES string of the molecule is CCCCCCCC/C=C/CC(=O)N(C)CCS(=O)(=O)[O-].[Na+]. The van der Waals surface area contributed by atoms with Crippen LogP contribution in [0, 0.1) is 0 Å². The third kappa shape index (κ3) is 16.5. The normalized spacial score (nSPS) is 11.4. The summed E-state index contributed by atoms with van der Waals surface area (Å²) in [4.78, 5) is 12.9. The van der Waals surface area contributed by atoms with Gasteiger partial charge in [0, 0.05) is 20.0 Å². The fourth-order valence-corrected chi connectivity index (χ4v) is 2.37. The first-order valence-electron chi connectivity index (χ1n) is 7.69. The molecule has 0 bridgehead atoms. The van der Waals surface area contributed by atoms with Crippen molar-refractivity contribution in [1.29, 1.82) is 0 Å². The van der Waals surface area contributed by atoms with Gasteiger partial charge >= 0.3 is 29.6 Å². The van der Waals surface area contributed by atoms with Crippen molar-refractivity contribution in [3.63, 3.8) is 0 Å². The number of hydrogen-bond donors (Lipinski definition) is 0. The predicted molar refractivity (Wildman–Crippen MR) is 84.0 cm³/mol. The molecule has 0 saturated heterocycles. The summed E-state index contributed by atoms with van der Waals surface area (Å²) in [5.74, 6) is -0.700. The maximum absolute atomic E-state index is 11.6. The van der Waals surface area contributed by atoms with Gasteiger partial charge in [0.1, 0.15) is 0 Å². The van der Waals surface area contributed by atoms with Crippen molar-refractivity contribution in [3.05, 3.63) is 12.2 Å². The minimum atomic E-state index is -4.26. The van der Waals surface area contributed by atoms with E-state index in [1.54, 1.807) is 0 Å². The molecule has 0 spiro atoms. The topological polar surface area (TPSA) is 77.5 Å². The van der Waals surface area contributed by atoms with E-state index in [1.165, 1.54) is 44.1 Å². The number of carbonyl (C=O) groups is 1. The van der Waals surface area contributed by atoms with E-state index in [0.717, 1.165) is 12.8 Å². The van der Waals surface area contributed by atoms with Gasteiger partial charge < -0.3 is 9.45 Å². The van der Waals surface area contributed by atoms with E-state index in [9.17, 15) is 17.8 Å². The molecular weight excluding hydrogens is 313 g/mol. The van der Waals surface area contributed by atoms with Crippen molar-refractivity contribution in [2.45, 2.75) is 58.3 Å². The third-order valence-electron chi connectivity index (χ3n) is 3.29. The molecule has 0 aliphatic heterocycles. The second-order valence-corrected chi connectivity index (χ2v) is 6.83. The van der Waals surface area contributed by atoms with Crippen LogP contribution in [-0.2, 0) is 14.9 Å². The first kappa shape index (κ1) is 24.4. The molecule has 0 rings (SSSR count). The van der Waals surface area contributed by atoms with E-state index < -0.39 is 15.9 Å². The van der Waals surface area contributed by atoms with Crippen LogP contribution in [0.3, 0.4) is 0 Å². The second-order valence-electron chi connectivity index (χ2n) is 5.31. The molecule has 0 atom stereocenters. The Bertz CT molecular complexity index is 410. The zero-order valence-corrected chi connectivity index (χ0v) is 17.0. The van der Waals surface area contributed by atoms with Gasteiger partial charge in [0.25, 0.3) is 0 Å². The van der Waals surface area contributed by atoms with E-state index in [1.807, 2.05) is 12.2 Å². The van der Waals surface area contributed by atoms with Gasteiger partial charge in [-0.1, -0.05) is 51.2 Å². The van der Waals surface area contributed by atoms with Gasteiger partial charge in [-0.15, -0.1) is 0 Å². The Morgan fingerprint density at radius 3 is 2.27 bits per heavy atom. The molecule has 0 unspecified atom stereocenters. The summed E-state index contributed by atoms with van der Waals surface area (Å²) >= 11 is 0. The smallest absolute Gasteiger partial charge is 0.748 e. The van der Waals surface area contributed by atoms with Gasteiger partial charge in [-0.25, -0.2) is 8.42 Å². The Kier molecular flexibility index (Phi) is 16.3. The van der Waals surface area contributed by atoms with Crippen LogP contribution in [0.4, 0.5) is 0 Å². The van der Waals surface area contributed by atoms with Crippen LogP contribution >= 0.6 is 0 Å². The Hall–Kier alpha value is 0.120. The van der Waals surface area contributed by atoms with Crippen molar-refractivity contribution in [1.82, 2.24) is 4.90 Å². The van der Waals surface area contributed by atoms with Gasteiger partial charge in [0.2, 0.25) is 5.91 Å². The molecule has 0 aliphatic rings. The van der Waals surface area contributed by atoms with Crippen molar-refractivity contribution >= 4 is 16.0 Å². The molecule has 0 fully saturated rings. The summed E-state index contributed by atoms with van der Waals surface area (Å²) in [5, 5.41) is 0. The summed E-state index contributed by atoms with van der Waals surface area (Å²) in [6.45, 7) is 2.15. The molecule has 0 radical (unpaired) electrons. The van der Waals surface area contributed by atoms with Crippen molar-refractivity contribution in [3.8, 4) is 0 Å². The zero-order chi connectivity index (χ0) is 16.1. The van der Waals surface area contributed by atoms with Crippen molar-refractivity contribution in [2.75, 3.05) is 19.3 Å². The molecule has 0 N–H and O–H groups in total. The van der Waals surface area contributed by atoms with Crippen LogP contribution < -0.4 is 29.6 Å². The molecule has 0 heterocycles. The fraction of sp³-hybridized carbons (Fsp3) is 0.800.